The third-order valence-corrected chi connectivity index (χ3v) is 6.00. The Balaban J connectivity index is 1.73. The first-order valence-electron chi connectivity index (χ1n) is 7.91. The highest BCUT2D eigenvalue weighted by atomic mass is 32.2. The van der Waals surface area contributed by atoms with E-state index < -0.39 is 10.0 Å². The van der Waals surface area contributed by atoms with Gasteiger partial charge in [0, 0.05) is 37.9 Å². The van der Waals surface area contributed by atoms with Gasteiger partial charge in [-0.3, -0.25) is 0 Å². The lowest BCUT2D eigenvalue weighted by Crippen LogP contribution is -2.49. The highest BCUT2D eigenvalue weighted by Crippen LogP contribution is 2.24. The van der Waals surface area contributed by atoms with Gasteiger partial charge in [-0.15, -0.1) is 0 Å². The summed E-state index contributed by atoms with van der Waals surface area (Å²) in [6.45, 7) is 5.44. The summed E-state index contributed by atoms with van der Waals surface area (Å²) in [5.74, 6) is 0.461. The molecule has 3 rings (SSSR count). The Morgan fingerprint density at radius 3 is 2.60 bits per heavy atom. The lowest BCUT2D eigenvalue weighted by Gasteiger charge is -2.35. The number of sulfonamides is 1. The number of nitriles is 1. The second-order valence-corrected chi connectivity index (χ2v) is 7.99. The molecular formula is C16H19N5O3S. The van der Waals surface area contributed by atoms with Crippen molar-refractivity contribution < 1.29 is 12.9 Å². The Hall–Kier alpha value is -2.44. The van der Waals surface area contributed by atoms with Crippen LogP contribution in [-0.2, 0) is 15.8 Å². The van der Waals surface area contributed by atoms with Crippen LogP contribution in [0.15, 0.2) is 22.9 Å². The van der Waals surface area contributed by atoms with Crippen LogP contribution < -0.4 is 4.90 Å². The van der Waals surface area contributed by atoms with Crippen molar-refractivity contribution in [3.63, 3.8) is 0 Å². The van der Waals surface area contributed by atoms with Crippen LogP contribution in [0.2, 0.25) is 0 Å². The first-order chi connectivity index (χ1) is 11.9. The largest absolute Gasteiger partial charge is 0.364 e. The molecule has 0 bridgehead atoms. The minimum Gasteiger partial charge on any atom is -0.364 e. The van der Waals surface area contributed by atoms with Crippen molar-refractivity contribution in [3.8, 4) is 6.07 Å². The first-order valence-corrected chi connectivity index (χ1v) is 9.52. The fraction of sp³-hybridized carbons (Fsp3) is 0.438. The quantitative estimate of drug-likeness (QED) is 0.806. The average molecular weight is 361 g/mol. The molecule has 1 aliphatic rings. The van der Waals surface area contributed by atoms with Gasteiger partial charge >= 0.3 is 0 Å². The monoisotopic (exact) mass is 361 g/mol. The van der Waals surface area contributed by atoms with E-state index in [-0.39, 0.29) is 5.75 Å². The van der Waals surface area contributed by atoms with E-state index in [0.717, 1.165) is 11.3 Å². The Labute approximate surface area is 146 Å². The van der Waals surface area contributed by atoms with Crippen molar-refractivity contribution in [2.24, 2.45) is 0 Å². The maximum absolute atomic E-state index is 12.5. The van der Waals surface area contributed by atoms with Gasteiger partial charge in [0.15, 0.2) is 0 Å². The van der Waals surface area contributed by atoms with E-state index in [1.54, 1.807) is 6.07 Å². The van der Waals surface area contributed by atoms with Gasteiger partial charge < -0.3 is 9.42 Å². The molecule has 1 aliphatic heterocycles. The molecule has 8 nitrogen and oxygen atoms in total. The van der Waals surface area contributed by atoms with Crippen LogP contribution in [0.3, 0.4) is 0 Å². The molecule has 2 aromatic heterocycles. The Bertz CT molecular complexity index is 895. The average Bonchev–Trinajstić information content (AvgIpc) is 3.06. The number of pyridine rings is 1. The standard InChI is InChI=1S/C16H19N5O3S/c1-12-9-13(2)18-16(15(12)10-17)20-4-6-21(7-5-20)25(22,23)11-14-3-8-24-19-14/h3,8-9H,4-7,11H2,1-2H3. The molecule has 2 aromatic rings. The third-order valence-electron chi connectivity index (χ3n) is 4.19. The SMILES string of the molecule is Cc1cc(C)c(C#N)c(N2CCN(S(=O)(=O)Cc3ccon3)CC2)n1. The Morgan fingerprint density at radius 1 is 1.28 bits per heavy atom. The summed E-state index contributed by atoms with van der Waals surface area (Å²) in [4.78, 5) is 6.46. The van der Waals surface area contributed by atoms with E-state index in [4.69, 9.17) is 4.52 Å². The number of nitrogens with zero attached hydrogens (tertiary/aromatic N) is 5. The van der Waals surface area contributed by atoms with Crippen LogP contribution >= 0.6 is 0 Å². The number of rotatable bonds is 4. The molecule has 0 aromatic carbocycles. The van der Waals surface area contributed by atoms with Crippen LogP contribution in [0, 0.1) is 25.2 Å². The van der Waals surface area contributed by atoms with Crippen molar-refractivity contribution in [1.29, 1.82) is 5.26 Å². The molecular weight excluding hydrogens is 342 g/mol. The van der Waals surface area contributed by atoms with E-state index in [9.17, 15) is 13.7 Å². The second-order valence-electron chi connectivity index (χ2n) is 6.02. The molecule has 132 valence electrons. The molecule has 0 radical (unpaired) electrons. The zero-order chi connectivity index (χ0) is 18.0. The smallest absolute Gasteiger partial charge is 0.220 e. The molecule has 0 atom stereocenters. The summed E-state index contributed by atoms with van der Waals surface area (Å²) < 4.78 is 31.1. The fourth-order valence-corrected chi connectivity index (χ4v) is 4.38. The number of piperazine rings is 1. The van der Waals surface area contributed by atoms with Crippen molar-refractivity contribution in [3.05, 3.63) is 40.9 Å². The summed E-state index contributed by atoms with van der Waals surface area (Å²) in [5.41, 5.74) is 2.66. The second kappa shape index (κ2) is 6.82. The van der Waals surface area contributed by atoms with Gasteiger partial charge in [0.05, 0.1) is 11.3 Å². The predicted molar refractivity (Wildman–Crippen MR) is 91.3 cm³/mol. The lowest BCUT2D eigenvalue weighted by atomic mass is 10.1. The third kappa shape index (κ3) is 3.65. The molecule has 0 N–H and O–H groups in total. The van der Waals surface area contributed by atoms with E-state index >= 15 is 0 Å². The predicted octanol–water partition coefficient (Wildman–Crippen LogP) is 1.21. The summed E-state index contributed by atoms with van der Waals surface area (Å²) in [7, 11) is -3.45. The molecule has 0 aliphatic carbocycles. The molecule has 25 heavy (non-hydrogen) atoms. The molecule has 1 fully saturated rings. The Morgan fingerprint density at radius 2 is 2.00 bits per heavy atom. The van der Waals surface area contributed by atoms with Crippen molar-refractivity contribution in [2.45, 2.75) is 19.6 Å². The summed E-state index contributed by atoms with van der Waals surface area (Å²) in [5, 5.41) is 13.1. The van der Waals surface area contributed by atoms with E-state index in [2.05, 4.69) is 16.2 Å². The molecule has 1 saturated heterocycles. The molecule has 9 heteroatoms. The van der Waals surface area contributed by atoms with Gasteiger partial charge in [0.2, 0.25) is 10.0 Å². The van der Waals surface area contributed by atoms with Gasteiger partial charge in [-0.1, -0.05) is 5.16 Å². The van der Waals surface area contributed by atoms with Crippen LogP contribution in [0.4, 0.5) is 5.82 Å². The number of aromatic nitrogens is 2. The van der Waals surface area contributed by atoms with Crippen LogP contribution in [0.25, 0.3) is 0 Å². The van der Waals surface area contributed by atoms with E-state index in [1.807, 2.05) is 24.8 Å². The minimum absolute atomic E-state index is 0.172. The molecule has 0 spiro atoms. The number of hydrogen-bond acceptors (Lipinski definition) is 7. The van der Waals surface area contributed by atoms with Crippen LogP contribution in [-0.4, -0.2) is 49.0 Å². The maximum atomic E-state index is 12.5. The van der Waals surface area contributed by atoms with E-state index in [0.29, 0.717) is 43.3 Å². The number of anilines is 1. The lowest BCUT2D eigenvalue weighted by molar-refractivity contribution is 0.380. The van der Waals surface area contributed by atoms with Crippen molar-refractivity contribution >= 4 is 15.8 Å². The number of aryl methyl sites for hydroxylation is 2. The van der Waals surface area contributed by atoms with Crippen LogP contribution in [0.5, 0.6) is 0 Å². The molecule has 0 unspecified atom stereocenters. The molecule has 0 saturated carbocycles. The first kappa shape index (κ1) is 17.4. The molecule has 0 amide bonds. The van der Waals surface area contributed by atoms with Gasteiger partial charge in [0.1, 0.15) is 23.9 Å². The zero-order valence-corrected chi connectivity index (χ0v) is 15.0. The number of hydrogen-bond donors (Lipinski definition) is 0. The summed E-state index contributed by atoms with van der Waals surface area (Å²) >= 11 is 0. The highest BCUT2D eigenvalue weighted by molar-refractivity contribution is 7.88. The van der Waals surface area contributed by atoms with Gasteiger partial charge in [-0.05, 0) is 25.5 Å². The Kier molecular flexibility index (Phi) is 4.74. The highest BCUT2D eigenvalue weighted by Gasteiger charge is 2.29. The van der Waals surface area contributed by atoms with Crippen molar-refractivity contribution in [2.75, 3.05) is 31.1 Å². The van der Waals surface area contributed by atoms with Gasteiger partial charge in [-0.25, -0.2) is 13.4 Å². The van der Waals surface area contributed by atoms with Gasteiger partial charge in [0.25, 0.3) is 0 Å². The topological polar surface area (TPSA) is 103 Å². The minimum atomic E-state index is -3.45. The van der Waals surface area contributed by atoms with Crippen molar-refractivity contribution in [1.82, 2.24) is 14.4 Å². The molecule has 3 heterocycles. The van der Waals surface area contributed by atoms with E-state index in [1.165, 1.54) is 10.6 Å². The summed E-state index contributed by atoms with van der Waals surface area (Å²) in [6.07, 6.45) is 1.36. The fourth-order valence-electron chi connectivity index (χ4n) is 2.95. The zero-order valence-electron chi connectivity index (χ0n) is 14.1. The van der Waals surface area contributed by atoms with Gasteiger partial charge in [-0.2, -0.15) is 9.57 Å². The normalized spacial score (nSPS) is 16.0. The van der Waals surface area contributed by atoms with Crippen LogP contribution in [0.1, 0.15) is 22.5 Å². The summed E-state index contributed by atoms with van der Waals surface area (Å²) in [6, 6.07) is 5.63. The maximum Gasteiger partial charge on any atom is 0.220 e.